The lowest BCUT2D eigenvalue weighted by atomic mass is 10.1. The number of hydrogen-bond acceptors (Lipinski definition) is 2. The number of rotatable bonds is 8. The van der Waals surface area contributed by atoms with E-state index >= 15 is 0 Å². The van der Waals surface area contributed by atoms with Crippen molar-refractivity contribution in [2.45, 2.75) is 45.4 Å². The molecular weight excluding hydrogens is 351 g/mol. The predicted octanol–water partition coefficient (Wildman–Crippen LogP) is 4.10. The van der Waals surface area contributed by atoms with Crippen LogP contribution < -0.4 is 5.43 Å². The van der Waals surface area contributed by atoms with Gasteiger partial charge in [0.05, 0.1) is 6.21 Å². The summed E-state index contributed by atoms with van der Waals surface area (Å²) >= 11 is 2.26. The molecule has 0 aliphatic rings. The number of benzene rings is 1. The van der Waals surface area contributed by atoms with E-state index in [0.29, 0.717) is 6.42 Å². The standard InChI is InChI=1S/C15H21IN2O/c1-2-3-4-5-6-7-15(19)18-17-12-13-8-10-14(16)11-9-13/h8-12H,2-7H2,1H3,(H,18,19). The van der Waals surface area contributed by atoms with Crippen LogP contribution in [0.15, 0.2) is 29.4 Å². The molecule has 1 rings (SSSR count). The van der Waals surface area contributed by atoms with Gasteiger partial charge in [0.25, 0.3) is 0 Å². The average Bonchev–Trinajstić information content (AvgIpc) is 2.41. The molecule has 0 aliphatic heterocycles. The number of amides is 1. The van der Waals surface area contributed by atoms with Crippen LogP contribution in [0.5, 0.6) is 0 Å². The highest BCUT2D eigenvalue weighted by molar-refractivity contribution is 14.1. The highest BCUT2D eigenvalue weighted by Crippen LogP contribution is 2.05. The topological polar surface area (TPSA) is 41.5 Å². The first-order valence-electron chi connectivity index (χ1n) is 6.80. The number of carbonyl (C=O) groups is 1. The SMILES string of the molecule is CCCCCCCC(=O)NN=Cc1ccc(I)cc1. The Labute approximate surface area is 129 Å². The van der Waals surface area contributed by atoms with Crippen molar-refractivity contribution in [1.82, 2.24) is 5.43 Å². The predicted molar refractivity (Wildman–Crippen MR) is 88.3 cm³/mol. The van der Waals surface area contributed by atoms with Crippen LogP contribution in [0.1, 0.15) is 51.0 Å². The maximum atomic E-state index is 11.5. The second kappa shape index (κ2) is 9.95. The normalized spacial score (nSPS) is 10.8. The molecule has 0 bridgehead atoms. The largest absolute Gasteiger partial charge is 0.273 e. The van der Waals surface area contributed by atoms with Crippen LogP contribution in [-0.2, 0) is 4.79 Å². The van der Waals surface area contributed by atoms with Crippen molar-refractivity contribution in [2.24, 2.45) is 5.10 Å². The van der Waals surface area contributed by atoms with Gasteiger partial charge in [0, 0.05) is 9.99 Å². The molecule has 0 aromatic heterocycles. The number of carbonyl (C=O) groups excluding carboxylic acids is 1. The molecule has 0 saturated carbocycles. The van der Waals surface area contributed by atoms with Crippen molar-refractivity contribution in [3.05, 3.63) is 33.4 Å². The first-order valence-corrected chi connectivity index (χ1v) is 7.87. The lowest BCUT2D eigenvalue weighted by Gasteiger charge is -2.00. The first-order chi connectivity index (χ1) is 9.22. The minimum Gasteiger partial charge on any atom is -0.273 e. The highest BCUT2D eigenvalue weighted by Gasteiger charge is 1.98. The Kier molecular flexibility index (Phi) is 8.45. The van der Waals surface area contributed by atoms with E-state index in [0.717, 1.165) is 18.4 Å². The summed E-state index contributed by atoms with van der Waals surface area (Å²) in [4.78, 5) is 11.5. The van der Waals surface area contributed by atoms with E-state index < -0.39 is 0 Å². The maximum Gasteiger partial charge on any atom is 0.240 e. The molecule has 1 aromatic rings. The summed E-state index contributed by atoms with van der Waals surface area (Å²) in [5.41, 5.74) is 3.55. The Morgan fingerprint density at radius 3 is 2.58 bits per heavy atom. The molecule has 0 heterocycles. The van der Waals surface area contributed by atoms with Gasteiger partial charge in [-0.25, -0.2) is 5.43 Å². The van der Waals surface area contributed by atoms with Gasteiger partial charge >= 0.3 is 0 Å². The molecule has 104 valence electrons. The minimum atomic E-state index is -0.00161. The van der Waals surface area contributed by atoms with E-state index in [-0.39, 0.29) is 5.91 Å². The molecule has 0 atom stereocenters. The van der Waals surface area contributed by atoms with Gasteiger partial charge in [-0.2, -0.15) is 5.10 Å². The second-order valence-corrected chi connectivity index (χ2v) is 5.75. The van der Waals surface area contributed by atoms with E-state index in [2.05, 4.69) is 40.0 Å². The average molecular weight is 372 g/mol. The molecule has 3 nitrogen and oxygen atoms in total. The first kappa shape index (κ1) is 16.1. The van der Waals surface area contributed by atoms with Gasteiger partial charge in [-0.3, -0.25) is 4.79 Å². The Morgan fingerprint density at radius 2 is 1.89 bits per heavy atom. The van der Waals surface area contributed by atoms with Crippen molar-refractivity contribution in [3.63, 3.8) is 0 Å². The summed E-state index contributed by atoms with van der Waals surface area (Å²) in [7, 11) is 0. The second-order valence-electron chi connectivity index (χ2n) is 4.51. The summed E-state index contributed by atoms with van der Waals surface area (Å²) in [5, 5.41) is 3.96. The molecule has 4 heteroatoms. The molecule has 0 spiro atoms. The molecule has 0 unspecified atom stereocenters. The zero-order chi connectivity index (χ0) is 13.9. The van der Waals surface area contributed by atoms with Gasteiger partial charge in [0.1, 0.15) is 0 Å². The van der Waals surface area contributed by atoms with Crippen LogP contribution in [0.2, 0.25) is 0 Å². The zero-order valence-electron chi connectivity index (χ0n) is 11.4. The number of halogens is 1. The molecule has 1 N–H and O–H groups in total. The van der Waals surface area contributed by atoms with Crippen molar-refractivity contribution < 1.29 is 4.79 Å². The number of nitrogens with zero attached hydrogens (tertiary/aromatic N) is 1. The van der Waals surface area contributed by atoms with Gasteiger partial charge in [-0.15, -0.1) is 0 Å². The third-order valence-corrected chi connectivity index (χ3v) is 3.50. The van der Waals surface area contributed by atoms with Crippen LogP contribution >= 0.6 is 22.6 Å². The monoisotopic (exact) mass is 372 g/mol. The quantitative estimate of drug-likeness (QED) is 0.317. The fourth-order valence-corrected chi connectivity index (χ4v) is 2.03. The minimum absolute atomic E-state index is 0.00161. The molecular formula is C15H21IN2O. The van der Waals surface area contributed by atoms with E-state index in [9.17, 15) is 4.79 Å². The van der Waals surface area contributed by atoms with E-state index in [1.54, 1.807) is 6.21 Å². The smallest absolute Gasteiger partial charge is 0.240 e. The van der Waals surface area contributed by atoms with Crippen LogP contribution in [0, 0.1) is 3.57 Å². The van der Waals surface area contributed by atoms with Crippen LogP contribution in [-0.4, -0.2) is 12.1 Å². The lowest BCUT2D eigenvalue weighted by Crippen LogP contribution is -2.16. The zero-order valence-corrected chi connectivity index (χ0v) is 13.5. The molecule has 0 radical (unpaired) electrons. The fraction of sp³-hybridized carbons (Fsp3) is 0.467. The Morgan fingerprint density at radius 1 is 1.21 bits per heavy atom. The molecule has 0 aliphatic carbocycles. The van der Waals surface area contributed by atoms with Crippen molar-refractivity contribution in [1.29, 1.82) is 0 Å². The number of unbranched alkanes of at least 4 members (excludes halogenated alkanes) is 4. The van der Waals surface area contributed by atoms with Gasteiger partial charge in [-0.1, -0.05) is 44.7 Å². The van der Waals surface area contributed by atoms with E-state index in [1.165, 1.54) is 22.8 Å². The van der Waals surface area contributed by atoms with Gasteiger partial charge in [0.15, 0.2) is 0 Å². The summed E-state index contributed by atoms with van der Waals surface area (Å²) < 4.78 is 1.19. The van der Waals surface area contributed by atoms with Crippen LogP contribution in [0.4, 0.5) is 0 Å². The Bertz CT molecular complexity index is 401. The number of nitrogens with one attached hydrogen (secondary N) is 1. The van der Waals surface area contributed by atoms with Crippen molar-refractivity contribution in [3.8, 4) is 0 Å². The summed E-state index contributed by atoms with van der Waals surface area (Å²) in [6.45, 7) is 2.19. The van der Waals surface area contributed by atoms with Gasteiger partial charge < -0.3 is 0 Å². The Hall–Kier alpha value is -0.910. The number of hydrogen-bond donors (Lipinski definition) is 1. The third kappa shape index (κ3) is 7.97. The van der Waals surface area contributed by atoms with Crippen LogP contribution in [0.3, 0.4) is 0 Å². The van der Waals surface area contributed by atoms with E-state index in [1.807, 2.05) is 24.3 Å². The maximum absolute atomic E-state index is 11.5. The lowest BCUT2D eigenvalue weighted by molar-refractivity contribution is -0.121. The molecule has 0 fully saturated rings. The van der Waals surface area contributed by atoms with Gasteiger partial charge in [-0.05, 0) is 46.7 Å². The number of hydrazone groups is 1. The third-order valence-electron chi connectivity index (χ3n) is 2.78. The fourth-order valence-electron chi connectivity index (χ4n) is 1.67. The van der Waals surface area contributed by atoms with Crippen molar-refractivity contribution >= 4 is 34.7 Å². The molecule has 0 saturated heterocycles. The van der Waals surface area contributed by atoms with Crippen molar-refractivity contribution in [2.75, 3.05) is 0 Å². The summed E-state index contributed by atoms with van der Waals surface area (Å²) in [6.07, 6.45) is 8.01. The molecule has 19 heavy (non-hydrogen) atoms. The molecule has 1 amide bonds. The molecule has 1 aromatic carbocycles. The van der Waals surface area contributed by atoms with Gasteiger partial charge in [0.2, 0.25) is 5.91 Å². The summed E-state index contributed by atoms with van der Waals surface area (Å²) in [6, 6.07) is 7.97. The van der Waals surface area contributed by atoms with E-state index in [4.69, 9.17) is 0 Å². The highest BCUT2D eigenvalue weighted by atomic mass is 127. The van der Waals surface area contributed by atoms with Crippen LogP contribution in [0.25, 0.3) is 0 Å². The Balaban J connectivity index is 2.17. The summed E-state index contributed by atoms with van der Waals surface area (Å²) in [5.74, 6) is -0.00161.